The molecule has 7 heteroatoms. The summed E-state index contributed by atoms with van der Waals surface area (Å²) in [6.45, 7) is 8.24. The van der Waals surface area contributed by atoms with Gasteiger partial charge in [-0.2, -0.15) is 0 Å². The number of nitrogens with zero attached hydrogens (tertiary/aromatic N) is 3. The first-order chi connectivity index (χ1) is 16.0. The fourth-order valence-electron chi connectivity index (χ4n) is 5.90. The molecule has 0 aromatic heterocycles. The van der Waals surface area contributed by atoms with E-state index in [9.17, 15) is 4.79 Å². The Labute approximate surface area is 203 Å². The first kappa shape index (κ1) is 24.4. The number of para-hydroxylation sites is 1. The van der Waals surface area contributed by atoms with Gasteiger partial charge in [0.25, 0.3) is 0 Å². The Hall–Kier alpha value is -1.73. The third-order valence-corrected chi connectivity index (χ3v) is 9.26. The van der Waals surface area contributed by atoms with Crippen molar-refractivity contribution >= 4 is 29.3 Å². The number of amides is 1. The van der Waals surface area contributed by atoms with Crippen LogP contribution < -0.4 is 10.6 Å². The molecule has 2 saturated heterocycles. The van der Waals surface area contributed by atoms with Crippen LogP contribution in [0.2, 0.25) is 0 Å². The van der Waals surface area contributed by atoms with Crippen LogP contribution in [-0.2, 0) is 4.79 Å². The third kappa shape index (κ3) is 5.68. The lowest BCUT2D eigenvalue weighted by Gasteiger charge is -2.41. The summed E-state index contributed by atoms with van der Waals surface area (Å²) in [6.07, 6.45) is 9.42. The zero-order chi connectivity index (χ0) is 23.4. The molecule has 1 aromatic carbocycles. The van der Waals surface area contributed by atoms with Crippen molar-refractivity contribution in [2.45, 2.75) is 87.4 Å². The van der Waals surface area contributed by atoms with Crippen molar-refractivity contribution < 1.29 is 4.79 Å². The molecule has 0 aliphatic carbocycles. The Morgan fingerprint density at radius 1 is 1.06 bits per heavy atom. The normalized spacial score (nSPS) is 28.6. The van der Waals surface area contributed by atoms with Gasteiger partial charge in [0, 0.05) is 36.6 Å². The Morgan fingerprint density at radius 3 is 2.55 bits per heavy atom. The molecule has 0 saturated carbocycles. The number of rotatable bonds is 7. The lowest BCUT2D eigenvalue weighted by atomic mass is 9.93. The number of likely N-dealkylation sites (tertiary alicyclic amines) is 2. The molecular weight excluding hydrogens is 430 g/mol. The van der Waals surface area contributed by atoms with E-state index < -0.39 is 0 Å². The van der Waals surface area contributed by atoms with E-state index in [1.54, 1.807) is 11.8 Å². The predicted octanol–water partition coefficient (Wildman–Crippen LogP) is 4.53. The zero-order valence-corrected chi connectivity index (χ0v) is 21.2. The molecule has 1 amide bonds. The molecule has 182 valence electrons. The minimum Gasteiger partial charge on any atom is -0.370 e. The standard InChI is InChI=1S/C26H41N5OS/c1-19-10-8-11-20(2)30(19)16-6-3-7-17-31-22-13-4-5-14-23(22)33-24(25(31)32)21-12-9-15-29(18-21)26(27)28/h4-5,13-14,19-21,24H,3,6-12,15-18H2,1-2H3,(H3,27,28)/t19-,20+,21?,24?. The lowest BCUT2D eigenvalue weighted by Crippen LogP contribution is -2.51. The molecule has 0 radical (unpaired) electrons. The van der Waals surface area contributed by atoms with Gasteiger partial charge in [-0.25, -0.2) is 0 Å². The maximum atomic E-state index is 13.7. The van der Waals surface area contributed by atoms with E-state index in [0.29, 0.717) is 18.6 Å². The molecule has 3 N–H and O–H groups in total. The van der Waals surface area contributed by atoms with Crippen LogP contribution in [0.25, 0.3) is 0 Å². The maximum absolute atomic E-state index is 13.7. The van der Waals surface area contributed by atoms with Gasteiger partial charge < -0.3 is 15.5 Å². The number of hydrogen-bond acceptors (Lipinski definition) is 4. The van der Waals surface area contributed by atoms with E-state index in [0.717, 1.165) is 44.5 Å². The summed E-state index contributed by atoms with van der Waals surface area (Å²) in [7, 11) is 0. The Balaban J connectivity index is 1.36. The second-order valence-corrected chi connectivity index (χ2v) is 11.3. The molecule has 2 unspecified atom stereocenters. The van der Waals surface area contributed by atoms with Crippen LogP contribution in [0, 0.1) is 11.3 Å². The number of piperidine rings is 2. The van der Waals surface area contributed by atoms with E-state index in [1.807, 2.05) is 11.0 Å². The van der Waals surface area contributed by atoms with Gasteiger partial charge in [-0.3, -0.25) is 15.1 Å². The highest BCUT2D eigenvalue weighted by Gasteiger charge is 2.40. The smallest absolute Gasteiger partial charge is 0.240 e. The number of carbonyl (C=O) groups is 1. The Bertz CT molecular complexity index is 823. The van der Waals surface area contributed by atoms with Crippen LogP contribution in [0.1, 0.15) is 65.2 Å². The van der Waals surface area contributed by atoms with Gasteiger partial charge >= 0.3 is 0 Å². The van der Waals surface area contributed by atoms with E-state index in [1.165, 1.54) is 37.1 Å². The molecule has 3 heterocycles. The first-order valence-corrected chi connectivity index (χ1v) is 13.8. The molecule has 0 bridgehead atoms. The number of nitrogens with one attached hydrogen (secondary N) is 1. The van der Waals surface area contributed by atoms with Gasteiger partial charge in [0.15, 0.2) is 5.96 Å². The van der Waals surface area contributed by atoms with Crippen molar-refractivity contribution in [3.05, 3.63) is 24.3 Å². The molecule has 33 heavy (non-hydrogen) atoms. The molecule has 3 aliphatic rings. The number of nitrogens with two attached hydrogens (primary N) is 1. The Morgan fingerprint density at radius 2 is 1.79 bits per heavy atom. The van der Waals surface area contributed by atoms with Crippen LogP contribution in [0.3, 0.4) is 0 Å². The van der Waals surface area contributed by atoms with Crippen molar-refractivity contribution in [3.8, 4) is 0 Å². The third-order valence-electron chi connectivity index (χ3n) is 7.82. The predicted molar refractivity (Wildman–Crippen MR) is 138 cm³/mol. The summed E-state index contributed by atoms with van der Waals surface area (Å²) in [6, 6.07) is 9.75. The van der Waals surface area contributed by atoms with Crippen LogP contribution in [-0.4, -0.2) is 65.2 Å². The minimum absolute atomic E-state index is 0.0860. The van der Waals surface area contributed by atoms with Gasteiger partial charge in [0.05, 0.1) is 10.9 Å². The lowest BCUT2D eigenvalue weighted by molar-refractivity contribution is -0.119. The average Bonchev–Trinajstić information content (AvgIpc) is 2.81. The van der Waals surface area contributed by atoms with E-state index in [4.69, 9.17) is 11.1 Å². The topological polar surface area (TPSA) is 76.7 Å². The summed E-state index contributed by atoms with van der Waals surface area (Å²) in [5.41, 5.74) is 6.84. The molecule has 4 atom stereocenters. The molecule has 1 aromatic rings. The minimum atomic E-state index is -0.0860. The van der Waals surface area contributed by atoms with Crippen LogP contribution >= 0.6 is 11.8 Å². The van der Waals surface area contributed by atoms with Crippen molar-refractivity contribution in [3.63, 3.8) is 0 Å². The van der Waals surface area contributed by atoms with Gasteiger partial charge in [0.1, 0.15) is 0 Å². The summed E-state index contributed by atoms with van der Waals surface area (Å²) in [5.74, 6) is 0.605. The number of anilines is 1. The zero-order valence-electron chi connectivity index (χ0n) is 20.3. The SMILES string of the molecule is C[C@@H]1CCC[C@H](C)N1CCCCCN1C(=O)C(C2CCCN(C(=N)N)C2)Sc2ccccc21. The highest BCUT2D eigenvalue weighted by molar-refractivity contribution is 8.01. The number of thioether (sulfide) groups is 1. The van der Waals surface area contributed by atoms with E-state index in [2.05, 4.69) is 41.8 Å². The molecule has 3 aliphatic heterocycles. The second-order valence-electron chi connectivity index (χ2n) is 10.2. The molecule has 0 spiro atoms. The highest BCUT2D eigenvalue weighted by Crippen LogP contribution is 2.43. The number of fused-ring (bicyclic) bond motifs is 1. The van der Waals surface area contributed by atoms with Crippen molar-refractivity contribution in [1.82, 2.24) is 9.80 Å². The first-order valence-electron chi connectivity index (χ1n) is 12.9. The molecule has 4 rings (SSSR count). The number of guanidine groups is 1. The monoisotopic (exact) mass is 471 g/mol. The molecule has 2 fully saturated rings. The molecular formula is C26H41N5OS. The summed E-state index contributed by atoms with van der Waals surface area (Å²) >= 11 is 1.72. The van der Waals surface area contributed by atoms with E-state index >= 15 is 0 Å². The van der Waals surface area contributed by atoms with Crippen molar-refractivity contribution in [1.29, 1.82) is 5.41 Å². The van der Waals surface area contributed by atoms with Crippen LogP contribution in [0.5, 0.6) is 0 Å². The number of hydrogen-bond donors (Lipinski definition) is 2. The van der Waals surface area contributed by atoms with Crippen LogP contribution in [0.15, 0.2) is 29.2 Å². The number of benzene rings is 1. The van der Waals surface area contributed by atoms with E-state index in [-0.39, 0.29) is 23.0 Å². The maximum Gasteiger partial charge on any atom is 0.240 e. The largest absolute Gasteiger partial charge is 0.370 e. The second kappa shape index (κ2) is 11.1. The van der Waals surface area contributed by atoms with Gasteiger partial charge in [-0.1, -0.05) is 25.0 Å². The quantitative estimate of drug-likeness (QED) is 0.347. The van der Waals surface area contributed by atoms with Gasteiger partial charge in [0.2, 0.25) is 5.91 Å². The van der Waals surface area contributed by atoms with Crippen LogP contribution in [0.4, 0.5) is 5.69 Å². The van der Waals surface area contributed by atoms with Crippen molar-refractivity contribution in [2.75, 3.05) is 31.1 Å². The summed E-state index contributed by atoms with van der Waals surface area (Å²) in [4.78, 5) is 21.5. The summed E-state index contributed by atoms with van der Waals surface area (Å²) < 4.78 is 0. The van der Waals surface area contributed by atoms with Gasteiger partial charge in [-0.05, 0) is 77.0 Å². The summed E-state index contributed by atoms with van der Waals surface area (Å²) in [5, 5.41) is 7.74. The highest BCUT2D eigenvalue weighted by atomic mass is 32.2. The fraction of sp³-hybridized carbons (Fsp3) is 0.692. The fourth-order valence-corrected chi connectivity index (χ4v) is 7.27. The van der Waals surface area contributed by atoms with Gasteiger partial charge in [-0.15, -0.1) is 11.8 Å². The number of carbonyl (C=O) groups excluding carboxylic acids is 1. The number of unbranched alkanes of at least 4 members (excludes halogenated alkanes) is 2. The molecule has 6 nitrogen and oxygen atoms in total. The Kier molecular flexibility index (Phi) is 8.23. The average molecular weight is 472 g/mol. The van der Waals surface area contributed by atoms with Crippen molar-refractivity contribution in [2.24, 2.45) is 11.7 Å².